The van der Waals surface area contributed by atoms with Gasteiger partial charge in [-0.1, -0.05) is 24.3 Å². The summed E-state index contributed by atoms with van der Waals surface area (Å²) in [4.78, 5) is 28.7. The number of imidazole rings is 1. The molecule has 0 aliphatic carbocycles. The van der Waals surface area contributed by atoms with Gasteiger partial charge >= 0.3 is 0 Å². The molecule has 9 heteroatoms. The van der Waals surface area contributed by atoms with E-state index in [0.717, 1.165) is 64.1 Å². The highest BCUT2D eigenvalue weighted by Crippen LogP contribution is 2.37. The van der Waals surface area contributed by atoms with Crippen molar-refractivity contribution in [1.29, 1.82) is 0 Å². The Bertz CT molecular complexity index is 1540. The van der Waals surface area contributed by atoms with Crippen LogP contribution in [-0.4, -0.2) is 52.2 Å². The van der Waals surface area contributed by atoms with Gasteiger partial charge in [0.2, 0.25) is 0 Å². The molecule has 0 spiro atoms. The van der Waals surface area contributed by atoms with Crippen LogP contribution in [0.1, 0.15) is 53.5 Å². The Labute approximate surface area is 248 Å². The molecule has 4 aromatic rings. The maximum absolute atomic E-state index is 12.2. The van der Waals surface area contributed by atoms with Gasteiger partial charge < -0.3 is 25.3 Å². The van der Waals surface area contributed by atoms with E-state index in [2.05, 4.69) is 46.5 Å². The Morgan fingerprint density at radius 3 is 2.60 bits per heavy atom. The molecule has 0 radical (unpaired) electrons. The number of benzene rings is 1. The molecule has 0 atom stereocenters. The van der Waals surface area contributed by atoms with Crippen molar-refractivity contribution in [1.82, 2.24) is 24.8 Å². The van der Waals surface area contributed by atoms with Gasteiger partial charge in [-0.15, -0.1) is 0 Å². The lowest BCUT2D eigenvalue weighted by molar-refractivity contribution is 0.0945. The molecule has 42 heavy (non-hydrogen) atoms. The third-order valence-corrected chi connectivity index (χ3v) is 7.26. The molecule has 0 saturated carbocycles. The van der Waals surface area contributed by atoms with Crippen LogP contribution >= 0.6 is 0 Å². The van der Waals surface area contributed by atoms with Crippen LogP contribution in [0.3, 0.4) is 0 Å². The minimum atomic E-state index is -0.0325. The van der Waals surface area contributed by atoms with Crippen molar-refractivity contribution in [3.8, 4) is 17.1 Å². The van der Waals surface area contributed by atoms with Crippen LogP contribution in [0.4, 0.5) is 11.6 Å². The molecule has 0 unspecified atom stereocenters. The van der Waals surface area contributed by atoms with Gasteiger partial charge in [0.25, 0.3) is 5.91 Å². The van der Waals surface area contributed by atoms with Crippen LogP contribution in [-0.2, 0) is 19.4 Å². The minimum absolute atomic E-state index is 0.0325. The Balaban J connectivity index is 0.000000624. The summed E-state index contributed by atoms with van der Waals surface area (Å²) in [6.45, 7) is 10.8. The number of carbonyl (C=O) groups excluding carboxylic acids is 1. The van der Waals surface area contributed by atoms with Gasteiger partial charge in [0.15, 0.2) is 0 Å². The molecule has 0 fully saturated rings. The average Bonchev–Trinajstić information content (AvgIpc) is 3.38. The molecule has 0 saturated heterocycles. The molecule has 1 aromatic carbocycles. The zero-order valence-electron chi connectivity index (χ0n) is 25.2. The molecule has 6 rings (SSSR count). The summed E-state index contributed by atoms with van der Waals surface area (Å²) < 4.78 is 8.39. The molecule has 1 amide bonds. The third kappa shape index (κ3) is 6.36. The molecule has 0 bridgehead atoms. The lowest BCUT2D eigenvalue weighted by atomic mass is 9.99. The number of anilines is 2. The van der Waals surface area contributed by atoms with Crippen molar-refractivity contribution in [2.45, 2.75) is 47.1 Å². The topological polar surface area (TPSA) is 111 Å². The van der Waals surface area contributed by atoms with E-state index in [1.807, 2.05) is 68.9 Å². The molecular weight excluding hydrogens is 526 g/mol. The number of nitrogens with zero attached hydrogens (tertiary/aromatic N) is 5. The monoisotopic (exact) mass is 567 g/mol. The van der Waals surface area contributed by atoms with Crippen LogP contribution in [0.15, 0.2) is 67.1 Å². The number of hydrogen-bond acceptors (Lipinski definition) is 7. The number of rotatable bonds is 5. The van der Waals surface area contributed by atoms with Crippen molar-refractivity contribution < 1.29 is 9.53 Å². The Morgan fingerprint density at radius 1 is 1.02 bits per heavy atom. The maximum atomic E-state index is 12.2. The Hall–Kier alpha value is -4.50. The maximum Gasteiger partial charge on any atom is 0.251 e. The van der Waals surface area contributed by atoms with E-state index in [0.29, 0.717) is 31.7 Å². The first-order valence-electron chi connectivity index (χ1n) is 14.5. The average molecular weight is 568 g/mol. The van der Waals surface area contributed by atoms with Crippen LogP contribution < -0.4 is 20.7 Å². The number of amides is 1. The molecule has 3 aromatic heterocycles. The zero-order chi connectivity index (χ0) is 30.1. The predicted octanol–water partition coefficient (Wildman–Crippen LogP) is 5.23. The largest absolute Gasteiger partial charge is 0.493 e. The fraction of sp³-hybridized carbons (Fsp3) is 0.333. The van der Waals surface area contributed by atoms with Gasteiger partial charge in [-0.2, -0.15) is 0 Å². The molecule has 9 nitrogen and oxygen atoms in total. The first kappa shape index (κ1) is 30.5. The highest BCUT2D eigenvalue weighted by atomic mass is 16.5. The van der Waals surface area contributed by atoms with E-state index in [4.69, 9.17) is 19.7 Å². The van der Waals surface area contributed by atoms with E-state index in [-0.39, 0.29) is 5.91 Å². The van der Waals surface area contributed by atoms with Crippen molar-refractivity contribution >= 4 is 17.5 Å². The number of nitrogens with two attached hydrogens (primary N) is 1. The van der Waals surface area contributed by atoms with Crippen LogP contribution in [0.5, 0.6) is 5.75 Å². The molecule has 3 N–H and O–H groups in total. The number of allylic oxidation sites excluding steroid dienone is 2. The predicted molar refractivity (Wildman–Crippen MR) is 168 cm³/mol. The SMILES string of the molecule is C/C=C\C.CCN1c2ncccc2Cn2c(C)cnc2-c2cc(CCOc3cccc4c3CCNC4=O)cnc21.CN. The van der Waals surface area contributed by atoms with Gasteiger partial charge in [0.05, 0.1) is 18.7 Å². The normalized spacial score (nSPS) is 13.1. The number of nitrogens with one attached hydrogen (secondary N) is 1. The number of pyridine rings is 2. The summed E-state index contributed by atoms with van der Waals surface area (Å²) in [5.41, 5.74) is 10.5. The first-order chi connectivity index (χ1) is 20.5. The van der Waals surface area contributed by atoms with E-state index in [1.165, 1.54) is 7.05 Å². The molecule has 2 aliphatic heterocycles. The fourth-order valence-electron chi connectivity index (χ4n) is 5.11. The Morgan fingerprint density at radius 2 is 1.83 bits per heavy atom. The molecular formula is C33H41N7O2. The number of carbonyl (C=O) groups is 1. The quantitative estimate of drug-likeness (QED) is 0.318. The van der Waals surface area contributed by atoms with Crippen LogP contribution in [0.2, 0.25) is 0 Å². The van der Waals surface area contributed by atoms with Crippen molar-refractivity contribution in [2.24, 2.45) is 5.73 Å². The highest BCUT2D eigenvalue weighted by molar-refractivity contribution is 5.97. The van der Waals surface area contributed by atoms with Gasteiger partial charge in [0.1, 0.15) is 23.2 Å². The van der Waals surface area contributed by atoms with Crippen LogP contribution in [0.25, 0.3) is 11.4 Å². The molecule has 220 valence electrons. The lowest BCUT2D eigenvalue weighted by Crippen LogP contribution is -2.32. The summed E-state index contributed by atoms with van der Waals surface area (Å²) in [6.07, 6.45) is 11.1. The van der Waals surface area contributed by atoms with E-state index in [9.17, 15) is 4.79 Å². The summed E-state index contributed by atoms with van der Waals surface area (Å²) in [5.74, 6) is 3.45. The second kappa shape index (κ2) is 14.4. The second-order valence-electron chi connectivity index (χ2n) is 9.81. The third-order valence-electron chi connectivity index (χ3n) is 7.26. The first-order valence-corrected chi connectivity index (χ1v) is 14.5. The van der Waals surface area contributed by atoms with Crippen molar-refractivity contribution in [3.05, 3.63) is 95.1 Å². The van der Waals surface area contributed by atoms with Crippen molar-refractivity contribution in [3.63, 3.8) is 0 Å². The Kier molecular flexibility index (Phi) is 10.4. The smallest absolute Gasteiger partial charge is 0.251 e. The van der Waals surface area contributed by atoms with E-state index >= 15 is 0 Å². The fourth-order valence-corrected chi connectivity index (χ4v) is 5.11. The van der Waals surface area contributed by atoms with Crippen LogP contribution in [0, 0.1) is 6.92 Å². The van der Waals surface area contributed by atoms with Gasteiger partial charge in [-0.3, -0.25) is 4.79 Å². The highest BCUT2D eigenvalue weighted by Gasteiger charge is 2.26. The standard InChI is InChI=1S/C28H28N6O2.C4H8.CH5N/c1-3-33-25-20(6-5-11-29-25)17-34-18(2)15-31-27(34)23-14-19(16-32-26(23)33)10-13-36-24-8-4-7-22-21(24)9-12-30-28(22)35;1-3-4-2;1-2/h4-8,11,14-16H,3,9-10,12-13,17H2,1-2H3,(H,30,35);3-4H,1-2H3;2H2,1H3/b;4-3-;. The summed E-state index contributed by atoms with van der Waals surface area (Å²) in [6, 6.07) is 11.9. The second-order valence-corrected chi connectivity index (χ2v) is 9.81. The minimum Gasteiger partial charge on any atom is -0.493 e. The summed E-state index contributed by atoms with van der Waals surface area (Å²) in [5, 5.41) is 2.89. The van der Waals surface area contributed by atoms with E-state index in [1.54, 1.807) is 0 Å². The molecule has 2 aliphatic rings. The summed E-state index contributed by atoms with van der Waals surface area (Å²) >= 11 is 0. The zero-order valence-corrected chi connectivity index (χ0v) is 25.2. The number of fused-ring (bicyclic) bond motifs is 5. The van der Waals surface area contributed by atoms with Gasteiger partial charge in [0, 0.05) is 60.5 Å². The lowest BCUT2D eigenvalue weighted by Gasteiger charge is -2.28. The van der Waals surface area contributed by atoms with Gasteiger partial charge in [-0.25, -0.2) is 15.0 Å². The van der Waals surface area contributed by atoms with E-state index < -0.39 is 0 Å². The number of aromatic nitrogens is 4. The number of aryl methyl sites for hydroxylation is 1. The van der Waals surface area contributed by atoms with Crippen molar-refractivity contribution in [2.75, 3.05) is 31.6 Å². The number of hydrogen-bond donors (Lipinski definition) is 2. The summed E-state index contributed by atoms with van der Waals surface area (Å²) in [7, 11) is 1.50. The number of ether oxygens (including phenoxy) is 1. The molecule has 5 heterocycles. The van der Waals surface area contributed by atoms with Gasteiger partial charge in [-0.05, 0) is 71.0 Å².